The third-order valence-electron chi connectivity index (χ3n) is 4.18. The first-order valence-electron chi connectivity index (χ1n) is 7.40. The van der Waals surface area contributed by atoms with Gasteiger partial charge in [0.25, 0.3) is 0 Å². The van der Waals surface area contributed by atoms with E-state index in [1.165, 1.54) is 23.3 Å². The summed E-state index contributed by atoms with van der Waals surface area (Å²) in [6, 6.07) is 11.0. The van der Waals surface area contributed by atoms with Crippen LogP contribution >= 0.6 is 0 Å². The molecule has 1 atom stereocenters. The molecule has 0 fully saturated rings. The van der Waals surface area contributed by atoms with Gasteiger partial charge in [-0.15, -0.1) is 0 Å². The molecule has 0 saturated heterocycles. The van der Waals surface area contributed by atoms with Gasteiger partial charge < -0.3 is 10.5 Å². The van der Waals surface area contributed by atoms with Crippen LogP contribution in [0.3, 0.4) is 0 Å². The Morgan fingerprint density at radius 2 is 2.10 bits per heavy atom. The van der Waals surface area contributed by atoms with E-state index in [1.807, 2.05) is 19.1 Å². The van der Waals surface area contributed by atoms with Crippen LogP contribution in [0.4, 0.5) is 4.39 Å². The largest absolute Gasteiger partial charge is 0.489 e. The van der Waals surface area contributed by atoms with E-state index >= 15 is 0 Å². The van der Waals surface area contributed by atoms with Crippen molar-refractivity contribution in [1.29, 1.82) is 0 Å². The van der Waals surface area contributed by atoms with Crippen LogP contribution in [0, 0.1) is 12.7 Å². The van der Waals surface area contributed by atoms with Gasteiger partial charge in [0, 0.05) is 6.04 Å². The van der Waals surface area contributed by atoms with E-state index in [4.69, 9.17) is 10.5 Å². The molecule has 0 aliphatic heterocycles. The Labute approximate surface area is 124 Å². The van der Waals surface area contributed by atoms with Crippen molar-refractivity contribution in [1.82, 2.24) is 0 Å². The number of halogens is 1. The number of ether oxygens (including phenoxy) is 1. The molecular formula is C18H20FNO. The smallest absolute Gasteiger partial charge is 0.123 e. The van der Waals surface area contributed by atoms with Crippen molar-refractivity contribution in [2.24, 2.45) is 5.73 Å². The molecule has 0 aromatic heterocycles. The van der Waals surface area contributed by atoms with Gasteiger partial charge >= 0.3 is 0 Å². The zero-order valence-electron chi connectivity index (χ0n) is 12.2. The van der Waals surface area contributed by atoms with Crippen LogP contribution in [0.5, 0.6) is 5.75 Å². The molecule has 2 aromatic rings. The van der Waals surface area contributed by atoms with Gasteiger partial charge in [-0.1, -0.05) is 12.1 Å². The Balaban J connectivity index is 1.76. The molecule has 0 saturated carbocycles. The molecule has 3 rings (SSSR count). The second-order valence-electron chi connectivity index (χ2n) is 5.72. The average Bonchev–Trinajstić information content (AvgIpc) is 2.49. The van der Waals surface area contributed by atoms with Crippen molar-refractivity contribution in [3.05, 3.63) is 64.5 Å². The van der Waals surface area contributed by atoms with Gasteiger partial charge in [0.15, 0.2) is 0 Å². The highest BCUT2D eigenvalue weighted by Crippen LogP contribution is 2.31. The van der Waals surface area contributed by atoms with Crippen LogP contribution < -0.4 is 10.5 Å². The number of benzene rings is 2. The zero-order valence-corrected chi connectivity index (χ0v) is 12.2. The van der Waals surface area contributed by atoms with Crippen molar-refractivity contribution in [3.63, 3.8) is 0 Å². The second-order valence-corrected chi connectivity index (χ2v) is 5.72. The highest BCUT2D eigenvalue weighted by atomic mass is 19.1. The highest BCUT2D eigenvalue weighted by Gasteiger charge is 2.17. The highest BCUT2D eigenvalue weighted by molar-refractivity contribution is 5.39. The molecule has 21 heavy (non-hydrogen) atoms. The minimum Gasteiger partial charge on any atom is -0.489 e. The first kappa shape index (κ1) is 14.1. The summed E-state index contributed by atoms with van der Waals surface area (Å²) in [6.45, 7) is 2.33. The molecule has 0 spiro atoms. The van der Waals surface area contributed by atoms with Crippen LogP contribution in [0.25, 0.3) is 0 Å². The lowest BCUT2D eigenvalue weighted by Crippen LogP contribution is -2.17. The normalized spacial score (nSPS) is 17.4. The third kappa shape index (κ3) is 3.08. The number of fused-ring (bicyclic) bond motifs is 1. The summed E-state index contributed by atoms with van der Waals surface area (Å²) >= 11 is 0. The third-order valence-corrected chi connectivity index (χ3v) is 4.18. The lowest BCUT2D eigenvalue weighted by atomic mass is 9.88. The summed E-state index contributed by atoms with van der Waals surface area (Å²) in [5, 5.41) is 0. The number of rotatable bonds is 3. The van der Waals surface area contributed by atoms with E-state index in [1.54, 1.807) is 6.07 Å². The number of aryl methyl sites for hydroxylation is 2. The molecule has 0 radical (unpaired) electrons. The van der Waals surface area contributed by atoms with Gasteiger partial charge in [0.05, 0.1) is 0 Å². The zero-order chi connectivity index (χ0) is 14.8. The number of hydrogen-bond acceptors (Lipinski definition) is 2. The Hall–Kier alpha value is -1.87. The molecule has 1 aliphatic rings. The van der Waals surface area contributed by atoms with Gasteiger partial charge in [0.1, 0.15) is 18.2 Å². The van der Waals surface area contributed by atoms with Crippen molar-refractivity contribution in [3.8, 4) is 5.75 Å². The molecule has 0 amide bonds. The SMILES string of the molecule is Cc1ccc(F)cc1COc1ccc2c(c1)C(N)CCC2. The maximum Gasteiger partial charge on any atom is 0.123 e. The van der Waals surface area contributed by atoms with Crippen LogP contribution in [-0.2, 0) is 13.0 Å². The molecule has 2 N–H and O–H groups in total. The van der Waals surface area contributed by atoms with Crippen molar-refractivity contribution >= 4 is 0 Å². The molecule has 2 aromatic carbocycles. The standard InChI is InChI=1S/C18H20FNO/c1-12-5-7-15(19)9-14(12)11-21-16-8-6-13-3-2-4-18(20)17(13)10-16/h5-10,18H,2-4,11,20H2,1H3. The quantitative estimate of drug-likeness (QED) is 0.923. The predicted molar refractivity (Wildman–Crippen MR) is 81.8 cm³/mol. The van der Waals surface area contributed by atoms with E-state index in [0.29, 0.717) is 6.61 Å². The second kappa shape index (κ2) is 5.86. The van der Waals surface area contributed by atoms with Gasteiger partial charge in [-0.05, 0) is 72.7 Å². The van der Waals surface area contributed by atoms with E-state index in [2.05, 4.69) is 6.07 Å². The van der Waals surface area contributed by atoms with E-state index in [0.717, 1.165) is 36.1 Å². The molecule has 1 unspecified atom stereocenters. The van der Waals surface area contributed by atoms with Crippen molar-refractivity contribution in [2.75, 3.05) is 0 Å². The summed E-state index contributed by atoms with van der Waals surface area (Å²) in [4.78, 5) is 0. The van der Waals surface area contributed by atoms with Gasteiger partial charge in [-0.25, -0.2) is 4.39 Å². The Kier molecular flexibility index (Phi) is 3.93. The fraction of sp³-hybridized carbons (Fsp3) is 0.333. The minimum absolute atomic E-state index is 0.105. The summed E-state index contributed by atoms with van der Waals surface area (Å²) in [5.41, 5.74) is 10.6. The van der Waals surface area contributed by atoms with Gasteiger partial charge in [0.2, 0.25) is 0 Å². The van der Waals surface area contributed by atoms with E-state index in [9.17, 15) is 4.39 Å². The molecule has 0 bridgehead atoms. The minimum atomic E-state index is -0.230. The first-order valence-corrected chi connectivity index (χ1v) is 7.40. The van der Waals surface area contributed by atoms with Crippen molar-refractivity contribution in [2.45, 2.75) is 38.8 Å². The van der Waals surface area contributed by atoms with Gasteiger partial charge in [-0.2, -0.15) is 0 Å². The fourth-order valence-electron chi connectivity index (χ4n) is 2.86. The number of nitrogens with two attached hydrogens (primary N) is 1. The Bertz CT molecular complexity index is 654. The maximum absolute atomic E-state index is 13.3. The molecule has 110 valence electrons. The topological polar surface area (TPSA) is 35.2 Å². The van der Waals surface area contributed by atoms with E-state index < -0.39 is 0 Å². The Morgan fingerprint density at radius 3 is 2.95 bits per heavy atom. The molecular weight excluding hydrogens is 265 g/mol. The Morgan fingerprint density at radius 1 is 1.24 bits per heavy atom. The van der Waals surface area contributed by atoms with Crippen LogP contribution in [0.1, 0.15) is 41.1 Å². The van der Waals surface area contributed by atoms with E-state index in [-0.39, 0.29) is 11.9 Å². The van der Waals surface area contributed by atoms with Crippen LogP contribution in [0.15, 0.2) is 36.4 Å². The average molecular weight is 285 g/mol. The summed E-state index contributed by atoms with van der Waals surface area (Å²) in [5.74, 6) is 0.571. The summed E-state index contributed by atoms with van der Waals surface area (Å²) in [6.07, 6.45) is 3.27. The van der Waals surface area contributed by atoms with Gasteiger partial charge in [-0.3, -0.25) is 0 Å². The summed E-state index contributed by atoms with van der Waals surface area (Å²) in [7, 11) is 0. The first-order chi connectivity index (χ1) is 10.1. The van der Waals surface area contributed by atoms with Crippen LogP contribution in [0.2, 0.25) is 0 Å². The predicted octanol–water partition coefficient (Wildman–Crippen LogP) is 4.05. The monoisotopic (exact) mass is 285 g/mol. The summed E-state index contributed by atoms with van der Waals surface area (Å²) < 4.78 is 19.1. The fourth-order valence-corrected chi connectivity index (χ4v) is 2.86. The molecule has 1 aliphatic carbocycles. The number of hydrogen-bond donors (Lipinski definition) is 1. The lowest BCUT2D eigenvalue weighted by molar-refractivity contribution is 0.304. The van der Waals surface area contributed by atoms with Crippen LogP contribution in [-0.4, -0.2) is 0 Å². The molecule has 3 heteroatoms. The maximum atomic E-state index is 13.3. The lowest BCUT2D eigenvalue weighted by Gasteiger charge is -2.23. The molecule has 2 nitrogen and oxygen atoms in total. The van der Waals surface area contributed by atoms with Crippen molar-refractivity contribution < 1.29 is 9.13 Å². The molecule has 0 heterocycles.